The molecule has 3 aromatic rings. The summed E-state index contributed by atoms with van der Waals surface area (Å²) >= 11 is 0. The number of methoxy groups -OCH3 is 1. The van der Waals surface area contributed by atoms with Crippen LogP contribution >= 0.6 is 0 Å². The van der Waals surface area contributed by atoms with Crippen LogP contribution in [0, 0.1) is 5.82 Å². The van der Waals surface area contributed by atoms with Crippen molar-refractivity contribution in [2.75, 3.05) is 7.11 Å². The third-order valence-corrected chi connectivity index (χ3v) is 3.94. The van der Waals surface area contributed by atoms with Crippen LogP contribution in [0.2, 0.25) is 0 Å². The van der Waals surface area contributed by atoms with Crippen LogP contribution in [0.4, 0.5) is 4.39 Å². The summed E-state index contributed by atoms with van der Waals surface area (Å²) in [6, 6.07) is 21.1. The van der Waals surface area contributed by atoms with Gasteiger partial charge in [-0.05, 0) is 29.3 Å². The van der Waals surface area contributed by atoms with Crippen LogP contribution in [0.1, 0.15) is 22.8 Å². The first kappa shape index (κ1) is 17.0. The molecule has 1 N–H and O–H groups in total. The highest BCUT2D eigenvalue weighted by Gasteiger charge is 2.17. The molecule has 0 saturated carbocycles. The van der Waals surface area contributed by atoms with Crippen molar-refractivity contribution in [2.45, 2.75) is 12.7 Å². The summed E-state index contributed by atoms with van der Waals surface area (Å²) in [5, 5.41) is 10.5. The first-order valence-electron chi connectivity index (χ1n) is 7.96. The molecule has 128 valence electrons. The number of ether oxygens (including phenoxy) is 2. The monoisotopic (exact) mass is 338 g/mol. The Balaban J connectivity index is 1.81. The molecule has 0 amide bonds. The minimum absolute atomic E-state index is 0.225. The van der Waals surface area contributed by atoms with Crippen LogP contribution in [0.5, 0.6) is 11.5 Å². The molecule has 0 aliphatic heterocycles. The zero-order chi connectivity index (χ0) is 17.6. The van der Waals surface area contributed by atoms with E-state index < -0.39 is 11.9 Å². The maximum Gasteiger partial charge on any atom is 0.161 e. The molecule has 3 nitrogen and oxygen atoms in total. The number of benzene rings is 3. The van der Waals surface area contributed by atoms with Gasteiger partial charge in [-0.25, -0.2) is 4.39 Å². The summed E-state index contributed by atoms with van der Waals surface area (Å²) in [7, 11) is 1.53. The predicted octanol–water partition coefficient (Wildman–Crippen LogP) is 4.50. The van der Waals surface area contributed by atoms with Crippen LogP contribution in [0.25, 0.3) is 0 Å². The average molecular weight is 338 g/mol. The maximum atomic E-state index is 13.9. The highest BCUT2D eigenvalue weighted by atomic mass is 19.1. The number of halogens is 1. The standard InChI is InChI=1S/C21H19FO3/c1-24-20-13-16(21(23)17-9-5-6-10-18(17)22)11-12-19(20)25-14-15-7-3-2-4-8-15/h2-13,21,23H,14H2,1H3. The molecule has 25 heavy (non-hydrogen) atoms. The van der Waals surface area contributed by atoms with E-state index in [2.05, 4.69) is 0 Å². The smallest absolute Gasteiger partial charge is 0.161 e. The molecular weight excluding hydrogens is 319 g/mol. The molecule has 0 aromatic heterocycles. The Hall–Kier alpha value is -2.85. The highest BCUT2D eigenvalue weighted by molar-refractivity contribution is 5.45. The Morgan fingerprint density at radius 1 is 0.920 bits per heavy atom. The van der Waals surface area contributed by atoms with Crippen molar-refractivity contribution in [3.8, 4) is 11.5 Å². The molecule has 0 spiro atoms. The zero-order valence-corrected chi connectivity index (χ0v) is 13.9. The minimum Gasteiger partial charge on any atom is -0.493 e. The third-order valence-electron chi connectivity index (χ3n) is 3.94. The molecule has 0 fully saturated rings. The molecule has 0 aliphatic rings. The molecule has 0 radical (unpaired) electrons. The minimum atomic E-state index is -1.07. The van der Waals surface area contributed by atoms with E-state index in [9.17, 15) is 9.50 Å². The quantitative estimate of drug-likeness (QED) is 0.719. The van der Waals surface area contributed by atoms with E-state index >= 15 is 0 Å². The second-order valence-electron chi connectivity index (χ2n) is 5.61. The lowest BCUT2D eigenvalue weighted by Crippen LogP contribution is -2.04. The van der Waals surface area contributed by atoms with Gasteiger partial charge >= 0.3 is 0 Å². The van der Waals surface area contributed by atoms with E-state index in [1.165, 1.54) is 13.2 Å². The van der Waals surface area contributed by atoms with Crippen LogP contribution in [-0.4, -0.2) is 12.2 Å². The van der Waals surface area contributed by atoms with Crippen LogP contribution in [0.15, 0.2) is 72.8 Å². The molecule has 1 unspecified atom stereocenters. The van der Waals surface area contributed by atoms with Gasteiger partial charge in [0.1, 0.15) is 18.5 Å². The molecular formula is C21H19FO3. The Labute approximate surface area is 146 Å². The highest BCUT2D eigenvalue weighted by Crippen LogP contribution is 2.33. The number of hydrogen-bond acceptors (Lipinski definition) is 3. The SMILES string of the molecule is COc1cc(C(O)c2ccccc2F)ccc1OCc1ccccc1. The van der Waals surface area contributed by atoms with Gasteiger partial charge in [-0.3, -0.25) is 0 Å². The normalized spacial score (nSPS) is 11.8. The van der Waals surface area contributed by atoms with Crippen LogP contribution < -0.4 is 9.47 Å². The van der Waals surface area contributed by atoms with Gasteiger partial charge in [0.25, 0.3) is 0 Å². The summed E-state index contributed by atoms with van der Waals surface area (Å²) in [6.45, 7) is 0.409. The zero-order valence-electron chi connectivity index (χ0n) is 13.9. The maximum absolute atomic E-state index is 13.9. The average Bonchev–Trinajstić information content (AvgIpc) is 2.67. The first-order chi connectivity index (χ1) is 12.2. The molecule has 4 heteroatoms. The van der Waals surface area contributed by atoms with Crippen molar-refractivity contribution in [3.63, 3.8) is 0 Å². The van der Waals surface area contributed by atoms with Gasteiger partial charge in [-0.1, -0.05) is 54.6 Å². The molecule has 0 heterocycles. The van der Waals surface area contributed by atoms with E-state index in [1.54, 1.807) is 36.4 Å². The van der Waals surface area contributed by atoms with E-state index in [-0.39, 0.29) is 5.56 Å². The molecule has 3 aromatic carbocycles. The summed E-state index contributed by atoms with van der Waals surface area (Å²) in [5.41, 5.74) is 1.80. The molecule has 1 atom stereocenters. The van der Waals surface area contributed by atoms with E-state index in [0.29, 0.717) is 23.7 Å². The van der Waals surface area contributed by atoms with Gasteiger partial charge in [-0.2, -0.15) is 0 Å². The topological polar surface area (TPSA) is 38.7 Å². The predicted molar refractivity (Wildman–Crippen MR) is 94.2 cm³/mol. The van der Waals surface area contributed by atoms with Crippen molar-refractivity contribution in [1.29, 1.82) is 0 Å². The molecule has 3 rings (SSSR count). The van der Waals surface area contributed by atoms with Crippen molar-refractivity contribution in [3.05, 3.63) is 95.3 Å². The lowest BCUT2D eigenvalue weighted by molar-refractivity contribution is 0.214. The third kappa shape index (κ3) is 3.98. The molecule has 0 aliphatic carbocycles. The van der Waals surface area contributed by atoms with Gasteiger partial charge in [0.2, 0.25) is 0 Å². The van der Waals surface area contributed by atoms with Crippen LogP contribution in [0.3, 0.4) is 0 Å². The van der Waals surface area contributed by atoms with E-state index in [4.69, 9.17) is 9.47 Å². The first-order valence-corrected chi connectivity index (χ1v) is 7.96. The number of hydrogen-bond donors (Lipinski definition) is 1. The molecule has 0 saturated heterocycles. The van der Waals surface area contributed by atoms with E-state index in [0.717, 1.165) is 5.56 Å². The largest absolute Gasteiger partial charge is 0.493 e. The number of aliphatic hydroxyl groups excluding tert-OH is 1. The fourth-order valence-corrected chi connectivity index (χ4v) is 2.59. The summed E-state index contributed by atoms with van der Waals surface area (Å²) in [5.74, 6) is 0.609. The van der Waals surface area contributed by atoms with Crippen molar-refractivity contribution in [1.82, 2.24) is 0 Å². The van der Waals surface area contributed by atoms with Crippen LogP contribution in [-0.2, 0) is 6.61 Å². The van der Waals surface area contributed by atoms with Crippen molar-refractivity contribution < 1.29 is 19.0 Å². The lowest BCUT2D eigenvalue weighted by atomic mass is 10.0. The number of rotatable bonds is 6. The Kier molecular flexibility index (Phi) is 5.31. The Morgan fingerprint density at radius 2 is 1.64 bits per heavy atom. The second-order valence-corrected chi connectivity index (χ2v) is 5.61. The number of aliphatic hydroxyl groups is 1. The van der Waals surface area contributed by atoms with E-state index in [1.807, 2.05) is 30.3 Å². The van der Waals surface area contributed by atoms with Gasteiger partial charge < -0.3 is 14.6 Å². The van der Waals surface area contributed by atoms with Gasteiger partial charge in [0.05, 0.1) is 7.11 Å². The fourth-order valence-electron chi connectivity index (χ4n) is 2.59. The lowest BCUT2D eigenvalue weighted by Gasteiger charge is -2.16. The second kappa shape index (κ2) is 7.81. The molecule has 0 bridgehead atoms. The van der Waals surface area contributed by atoms with Crippen molar-refractivity contribution >= 4 is 0 Å². The fraction of sp³-hybridized carbons (Fsp3) is 0.143. The summed E-state index contributed by atoms with van der Waals surface area (Å²) < 4.78 is 25.0. The van der Waals surface area contributed by atoms with Gasteiger partial charge in [-0.15, -0.1) is 0 Å². The Morgan fingerprint density at radius 3 is 2.36 bits per heavy atom. The van der Waals surface area contributed by atoms with Gasteiger partial charge in [0, 0.05) is 5.56 Å². The summed E-state index contributed by atoms with van der Waals surface area (Å²) in [6.07, 6.45) is -1.07. The Bertz CT molecular complexity index is 834. The van der Waals surface area contributed by atoms with Gasteiger partial charge in [0.15, 0.2) is 11.5 Å². The summed E-state index contributed by atoms with van der Waals surface area (Å²) in [4.78, 5) is 0. The van der Waals surface area contributed by atoms with Crippen molar-refractivity contribution in [2.24, 2.45) is 0 Å².